The summed E-state index contributed by atoms with van der Waals surface area (Å²) in [5, 5.41) is 9.62. The number of carboxylic acids is 1. The van der Waals surface area contributed by atoms with Gasteiger partial charge in [0.25, 0.3) is 5.91 Å². The molecule has 2 aliphatic rings. The smallest absolute Gasteiger partial charge is 0.328 e. The summed E-state index contributed by atoms with van der Waals surface area (Å²) in [6, 6.07) is 6.30. The molecule has 0 radical (unpaired) electrons. The van der Waals surface area contributed by atoms with E-state index in [9.17, 15) is 14.7 Å². The van der Waals surface area contributed by atoms with Crippen LogP contribution in [0.5, 0.6) is 0 Å². The summed E-state index contributed by atoms with van der Waals surface area (Å²) in [5.41, 5.74) is 0.663. The highest BCUT2D eigenvalue weighted by molar-refractivity contribution is 5.97. The summed E-state index contributed by atoms with van der Waals surface area (Å²) < 4.78 is 5.95. The molecule has 0 unspecified atom stereocenters. The van der Waals surface area contributed by atoms with Gasteiger partial charge in [-0.3, -0.25) is 9.69 Å². The number of likely N-dealkylation sites (tertiary alicyclic amines) is 1. The average molecular weight is 361 g/mol. The van der Waals surface area contributed by atoms with Crippen LogP contribution >= 0.6 is 0 Å². The number of hydrogen-bond donors (Lipinski definition) is 1. The number of carbonyl (C=O) groups is 2. The molecule has 1 aromatic carbocycles. The summed E-state index contributed by atoms with van der Waals surface area (Å²) in [6.07, 6.45) is 1.26. The number of benzene rings is 1. The van der Waals surface area contributed by atoms with Crippen LogP contribution in [0.4, 0.5) is 5.69 Å². The second-order valence-electron chi connectivity index (χ2n) is 7.16. The summed E-state index contributed by atoms with van der Waals surface area (Å²) in [5.74, 6) is -1.29. The molecular weight excluding hydrogens is 334 g/mol. The minimum Gasteiger partial charge on any atom is -0.480 e. The monoisotopic (exact) mass is 361 g/mol. The lowest BCUT2D eigenvalue weighted by Crippen LogP contribution is -2.58. The number of piperidine rings is 1. The Bertz CT molecular complexity index is 666. The van der Waals surface area contributed by atoms with Gasteiger partial charge in [0.1, 0.15) is 5.72 Å². The molecule has 26 heavy (non-hydrogen) atoms. The van der Waals surface area contributed by atoms with Crippen LogP contribution < -0.4 is 4.90 Å². The van der Waals surface area contributed by atoms with Crippen LogP contribution in [0.25, 0.3) is 0 Å². The fraction of sp³-hybridized carbons (Fsp3) is 0.579. The molecule has 1 spiro atoms. The Morgan fingerprint density at radius 2 is 1.85 bits per heavy atom. The van der Waals surface area contributed by atoms with Gasteiger partial charge in [0.05, 0.1) is 6.61 Å². The Morgan fingerprint density at radius 1 is 1.23 bits per heavy atom. The number of carboxylic acid groups (broad SMARTS) is 1. The maximum absolute atomic E-state index is 13.2. The molecular formula is C19H27N3O4. The summed E-state index contributed by atoms with van der Waals surface area (Å²) >= 11 is 0. The van der Waals surface area contributed by atoms with Crippen LogP contribution in [-0.2, 0) is 9.53 Å². The molecule has 142 valence electrons. The predicted molar refractivity (Wildman–Crippen MR) is 98.4 cm³/mol. The Kier molecular flexibility index (Phi) is 5.20. The number of nitrogens with zero attached hydrogens (tertiary/aromatic N) is 3. The molecule has 1 atom stereocenters. The number of carbonyl (C=O) groups excluding carboxylic acids is 1. The summed E-state index contributed by atoms with van der Waals surface area (Å²) in [7, 11) is 3.87. The Morgan fingerprint density at radius 3 is 2.35 bits per heavy atom. The number of ether oxygens (including phenoxy) is 1. The van der Waals surface area contributed by atoms with Crippen molar-refractivity contribution in [2.75, 3.05) is 45.2 Å². The van der Waals surface area contributed by atoms with E-state index >= 15 is 0 Å². The molecule has 1 amide bonds. The molecule has 0 saturated carbocycles. The van der Waals surface area contributed by atoms with Gasteiger partial charge in [-0.25, -0.2) is 4.79 Å². The van der Waals surface area contributed by atoms with Crippen LogP contribution in [0, 0.1) is 0 Å². The van der Waals surface area contributed by atoms with E-state index in [2.05, 4.69) is 11.8 Å². The maximum atomic E-state index is 13.2. The third-order valence-electron chi connectivity index (χ3n) is 5.48. The number of amides is 1. The van der Waals surface area contributed by atoms with Crippen molar-refractivity contribution in [2.45, 2.75) is 31.5 Å². The normalized spacial score (nSPS) is 22.6. The molecule has 2 aliphatic heterocycles. The van der Waals surface area contributed by atoms with Gasteiger partial charge in [0.2, 0.25) is 0 Å². The molecule has 7 heteroatoms. The predicted octanol–water partition coefficient (Wildman–Crippen LogP) is 1.49. The first kappa shape index (κ1) is 18.7. The second kappa shape index (κ2) is 7.25. The highest BCUT2D eigenvalue weighted by Gasteiger charge is 2.53. The zero-order chi connectivity index (χ0) is 18.9. The number of hydrogen-bond acceptors (Lipinski definition) is 5. The first-order chi connectivity index (χ1) is 12.4. The van der Waals surface area contributed by atoms with Crippen molar-refractivity contribution >= 4 is 17.6 Å². The molecule has 1 N–H and O–H groups in total. The fourth-order valence-electron chi connectivity index (χ4n) is 3.82. The van der Waals surface area contributed by atoms with Crippen molar-refractivity contribution in [2.24, 2.45) is 0 Å². The molecule has 2 saturated heterocycles. The molecule has 7 nitrogen and oxygen atoms in total. The molecule has 0 aliphatic carbocycles. The van der Waals surface area contributed by atoms with Crippen molar-refractivity contribution in [3.05, 3.63) is 29.8 Å². The Labute approximate surface area is 154 Å². The molecule has 3 rings (SSSR count). The van der Waals surface area contributed by atoms with Crippen molar-refractivity contribution < 1.29 is 19.4 Å². The SMILES string of the molecule is CCN1CCC2(CC1)OC[C@H](C(=O)O)N2C(=O)c1ccc(N(C)C)cc1. The van der Waals surface area contributed by atoms with E-state index in [-0.39, 0.29) is 12.5 Å². The van der Waals surface area contributed by atoms with Crippen molar-refractivity contribution in [3.8, 4) is 0 Å². The first-order valence-electron chi connectivity index (χ1n) is 9.08. The maximum Gasteiger partial charge on any atom is 0.328 e. The third kappa shape index (κ3) is 3.29. The quantitative estimate of drug-likeness (QED) is 0.876. The van der Waals surface area contributed by atoms with Gasteiger partial charge in [-0.05, 0) is 30.8 Å². The van der Waals surface area contributed by atoms with Crippen molar-refractivity contribution in [3.63, 3.8) is 0 Å². The van der Waals surface area contributed by atoms with E-state index in [1.165, 1.54) is 4.90 Å². The highest BCUT2D eigenvalue weighted by Crippen LogP contribution is 2.38. The van der Waals surface area contributed by atoms with Crippen LogP contribution in [0.15, 0.2) is 24.3 Å². The van der Waals surface area contributed by atoms with Gasteiger partial charge in [0, 0.05) is 51.3 Å². The molecule has 2 heterocycles. The van der Waals surface area contributed by atoms with Crippen LogP contribution in [0.2, 0.25) is 0 Å². The minimum absolute atomic E-state index is 0.0446. The lowest BCUT2D eigenvalue weighted by atomic mass is 9.96. The van der Waals surface area contributed by atoms with Crippen LogP contribution in [0.3, 0.4) is 0 Å². The standard InChI is InChI=1S/C19H27N3O4/c1-4-21-11-9-19(10-12-21)22(16(13-26-19)18(24)25)17(23)14-5-7-15(8-6-14)20(2)3/h5-8,16H,4,9-13H2,1-3H3,(H,24,25)/t16-/m1/s1. The van der Waals surface area contributed by atoms with Crippen LogP contribution in [-0.4, -0.2) is 78.9 Å². The van der Waals surface area contributed by atoms with Crippen molar-refractivity contribution in [1.82, 2.24) is 9.80 Å². The first-order valence-corrected chi connectivity index (χ1v) is 9.08. The van der Waals surface area contributed by atoms with E-state index in [1.54, 1.807) is 12.1 Å². The third-order valence-corrected chi connectivity index (χ3v) is 5.48. The van der Waals surface area contributed by atoms with Crippen molar-refractivity contribution in [1.29, 1.82) is 0 Å². The largest absolute Gasteiger partial charge is 0.480 e. The summed E-state index contributed by atoms with van der Waals surface area (Å²) in [6.45, 7) is 4.68. The lowest BCUT2D eigenvalue weighted by molar-refractivity contribution is -0.143. The van der Waals surface area contributed by atoms with E-state index in [4.69, 9.17) is 4.74 Å². The number of anilines is 1. The zero-order valence-corrected chi connectivity index (χ0v) is 15.6. The van der Waals surface area contributed by atoms with E-state index in [0.29, 0.717) is 18.4 Å². The van der Waals surface area contributed by atoms with E-state index in [0.717, 1.165) is 25.3 Å². The Balaban J connectivity index is 1.89. The van der Waals surface area contributed by atoms with Gasteiger partial charge in [-0.1, -0.05) is 6.92 Å². The highest BCUT2D eigenvalue weighted by atomic mass is 16.5. The lowest BCUT2D eigenvalue weighted by Gasteiger charge is -2.44. The molecule has 1 aromatic rings. The van der Waals surface area contributed by atoms with Gasteiger partial charge in [-0.15, -0.1) is 0 Å². The van der Waals surface area contributed by atoms with Gasteiger partial charge < -0.3 is 19.6 Å². The van der Waals surface area contributed by atoms with Crippen LogP contribution in [0.1, 0.15) is 30.1 Å². The molecule has 0 bridgehead atoms. The van der Waals surface area contributed by atoms with Gasteiger partial charge in [-0.2, -0.15) is 0 Å². The second-order valence-corrected chi connectivity index (χ2v) is 7.16. The summed E-state index contributed by atoms with van der Waals surface area (Å²) in [4.78, 5) is 30.7. The topological polar surface area (TPSA) is 73.3 Å². The van der Waals surface area contributed by atoms with E-state index in [1.807, 2.05) is 31.1 Å². The number of rotatable bonds is 4. The fourth-order valence-corrected chi connectivity index (χ4v) is 3.82. The molecule has 0 aromatic heterocycles. The van der Waals surface area contributed by atoms with Gasteiger partial charge >= 0.3 is 5.97 Å². The van der Waals surface area contributed by atoms with Gasteiger partial charge in [0.15, 0.2) is 6.04 Å². The average Bonchev–Trinajstić information content (AvgIpc) is 3.01. The van der Waals surface area contributed by atoms with E-state index < -0.39 is 17.7 Å². The molecule has 2 fully saturated rings. The Hall–Kier alpha value is -2.12. The minimum atomic E-state index is -1.02. The number of aliphatic carboxylic acids is 1. The zero-order valence-electron chi connectivity index (χ0n) is 15.6.